The Morgan fingerprint density at radius 1 is 1.18 bits per heavy atom. The first-order chi connectivity index (χ1) is 8.16. The molecule has 90 valence electrons. The lowest BCUT2D eigenvalue weighted by molar-refractivity contribution is 0.390. The van der Waals surface area contributed by atoms with Gasteiger partial charge in [-0.1, -0.05) is 0 Å². The van der Waals surface area contributed by atoms with Crippen LogP contribution in [0, 0.1) is 17.5 Å². The van der Waals surface area contributed by atoms with Crippen LogP contribution in [-0.2, 0) is 0 Å². The predicted octanol–water partition coefficient (Wildman–Crippen LogP) is 2.30. The zero-order valence-electron chi connectivity index (χ0n) is 9.01. The fourth-order valence-corrected chi connectivity index (χ4v) is 2.53. The van der Waals surface area contributed by atoms with Crippen molar-refractivity contribution in [1.29, 1.82) is 0 Å². The molecule has 0 unspecified atom stereocenters. The molecule has 0 bridgehead atoms. The van der Waals surface area contributed by atoms with Gasteiger partial charge in [0, 0.05) is 29.9 Å². The highest BCUT2D eigenvalue weighted by Crippen LogP contribution is 2.37. The van der Waals surface area contributed by atoms with E-state index in [1.807, 2.05) is 11.1 Å². The van der Waals surface area contributed by atoms with Crippen LogP contribution in [0.2, 0.25) is 0 Å². The van der Waals surface area contributed by atoms with Gasteiger partial charge in [-0.05, 0) is 18.6 Å². The second-order valence-electron chi connectivity index (χ2n) is 4.38. The van der Waals surface area contributed by atoms with Crippen molar-refractivity contribution in [3.05, 3.63) is 47.0 Å². The molecule has 0 amide bonds. The second kappa shape index (κ2) is 3.68. The molecule has 2 nitrogen and oxygen atoms in total. The summed E-state index contributed by atoms with van der Waals surface area (Å²) in [7, 11) is 0. The van der Waals surface area contributed by atoms with Gasteiger partial charge in [0.1, 0.15) is 5.82 Å². The third-order valence-corrected chi connectivity index (χ3v) is 3.34. The minimum atomic E-state index is -1.05. The van der Waals surface area contributed by atoms with Gasteiger partial charge in [0.25, 0.3) is 0 Å². The Balaban J connectivity index is 1.98. The van der Waals surface area contributed by atoms with Crippen LogP contribution in [0.5, 0.6) is 0 Å². The van der Waals surface area contributed by atoms with E-state index in [4.69, 9.17) is 0 Å². The van der Waals surface area contributed by atoms with Crippen LogP contribution in [0.3, 0.4) is 0 Å². The van der Waals surface area contributed by atoms with Crippen LogP contribution in [-0.4, -0.2) is 18.1 Å². The van der Waals surface area contributed by atoms with E-state index in [9.17, 15) is 13.2 Å². The summed E-state index contributed by atoms with van der Waals surface area (Å²) >= 11 is 0. The summed E-state index contributed by atoms with van der Waals surface area (Å²) in [5.74, 6) is -3.01. The number of rotatable bonds is 1. The number of benzene rings is 1. The van der Waals surface area contributed by atoms with Gasteiger partial charge in [0.2, 0.25) is 0 Å². The molecular formula is C12H11F3N2. The molecule has 1 aromatic rings. The van der Waals surface area contributed by atoms with Gasteiger partial charge in [-0.3, -0.25) is 0 Å². The normalized spacial score (nSPS) is 22.4. The molecule has 2 aliphatic rings. The molecule has 1 N–H and O–H groups in total. The Labute approximate surface area is 96.7 Å². The molecule has 2 heterocycles. The molecule has 2 aliphatic heterocycles. The Morgan fingerprint density at radius 2 is 1.94 bits per heavy atom. The van der Waals surface area contributed by atoms with Crippen LogP contribution in [0.1, 0.15) is 17.9 Å². The molecule has 0 saturated carbocycles. The van der Waals surface area contributed by atoms with Crippen LogP contribution in [0.15, 0.2) is 24.0 Å². The third-order valence-electron chi connectivity index (χ3n) is 3.34. The van der Waals surface area contributed by atoms with E-state index in [-0.39, 0.29) is 11.5 Å². The topological polar surface area (TPSA) is 15.3 Å². The highest BCUT2D eigenvalue weighted by atomic mass is 19.2. The highest BCUT2D eigenvalue weighted by molar-refractivity contribution is 5.30. The van der Waals surface area contributed by atoms with Crippen molar-refractivity contribution in [2.75, 3.05) is 13.2 Å². The average Bonchev–Trinajstić information content (AvgIpc) is 2.84. The molecule has 17 heavy (non-hydrogen) atoms. The third kappa shape index (κ3) is 1.57. The fourth-order valence-electron chi connectivity index (χ4n) is 2.53. The number of allylic oxidation sites excluding steroid dienone is 1. The van der Waals surface area contributed by atoms with E-state index >= 15 is 0 Å². The summed E-state index contributed by atoms with van der Waals surface area (Å²) in [6.07, 6.45) is 2.39. The van der Waals surface area contributed by atoms with Gasteiger partial charge in [-0.25, -0.2) is 13.2 Å². The first-order valence-corrected chi connectivity index (χ1v) is 5.47. The second-order valence-corrected chi connectivity index (χ2v) is 4.38. The SMILES string of the molecule is Fc1ccc(F)c([C@H]2CC3=CNCN3C2)c1F. The molecule has 1 fully saturated rings. The largest absolute Gasteiger partial charge is 0.372 e. The summed E-state index contributed by atoms with van der Waals surface area (Å²) < 4.78 is 40.3. The summed E-state index contributed by atoms with van der Waals surface area (Å²) in [5, 5.41) is 3.04. The Kier molecular flexibility index (Phi) is 2.28. The average molecular weight is 240 g/mol. The highest BCUT2D eigenvalue weighted by Gasteiger charge is 2.33. The van der Waals surface area contributed by atoms with Gasteiger partial charge in [0.15, 0.2) is 11.6 Å². The summed E-state index contributed by atoms with van der Waals surface area (Å²) in [4.78, 5) is 2.01. The van der Waals surface area contributed by atoms with E-state index in [1.165, 1.54) is 0 Å². The van der Waals surface area contributed by atoms with Crippen molar-refractivity contribution < 1.29 is 13.2 Å². The van der Waals surface area contributed by atoms with Gasteiger partial charge >= 0.3 is 0 Å². The standard InChI is InChI=1S/C12H11F3N2/c13-9-1-2-10(14)12(15)11(9)7-3-8-4-16-6-17(8)5-7/h1-2,4,7,16H,3,5-6H2/t7-/m0/s1. The van der Waals surface area contributed by atoms with Gasteiger partial charge in [-0.15, -0.1) is 0 Å². The fraction of sp³-hybridized carbons (Fsp3) is 0.333. The minimum absolute atomic E-state index is 0.125. The van der Waals surface area contributed by atoms with Crippen LogP contribution in [0.25, 0.3) is 0 Å². The van der Waals surface area contributed by atoms with Gasteiger partial charge in [0.05, 0.1) is 6.67 Å². The molecule has 1 saturated heterocycles. The van der Waals surface area contributed by atoms with Crippen molar-refractivity contribution in [2.24, 2.45) is 0 Å². The van der Waals surface area contributed by atoms with Crippen molar-refractivity contribution >= 4 is 0 Å². The van der Waals surface area contributed by atoms with Crippen molar-refractivity contribution in [3.8, 4) is 0 Å². The maximum Gasteiger partial charge on any atom is 0.165 e. The first kappa shape index (κ1) is 10.5. The number of fused-ring (bicyclic) bond motifs is 1. The lowest BCUT2D eigenvalue weighted by atomic mass is 9.96. The van der Waals surface area contributed by atoms with Crippen molar-refractivity contribution in [2.45, 2.75) is 12.3 Å². The monoisotopic (exact) mass is 240 g/mol. The van der Waals surface area contributed by atoms with Crippen LogP contribution < -0.4 is 5.32 Å². The van der Waals surface area contributed by atoms with E-state index in [0.717, 1.165) is 17.8 Å². The number of nitrogens with zero attached hydrogens (tertiary/aromatic N) is 1. The summed E-state index contributed by atoms with van der Waals surface area (Å²) in [5.41, 5.74) is 0.901. The maximum atomic E-state index is 13.6. The predicted molar refractivity (Wildman–Crippen MR) is 56.5 cm³/mol. The zero-order valence-corrected chi connectivity index (χ0v) is 9.01. The molecule has 0 aliphatic carbocycles. The zero-order chi connectivity index (χ0) is 12.0. The summed E-state index contributed by atoms with van der Waals surface area (Å²) in [6.45, 7) is 1.18. The quantitative estimate of drug-likeness (QED) is 0.758. The van der Waals surface area contributed by atoms with Crippen molar-refractivity contribution in [1.82, 2.24) is 10.2 Å². The van der Waals surface area contributed by atoms with Crippen molar-refractivity contribution in [3.63, 3.8) is 0 Å². The number of hydrogen-bond acceptors (Lipinski definition) is 2. The smallest absolute Gasteiger partial charge is 0.165 e. The number of nitrogens with one attached hydrogen (secondary N) is 1. The van der Waals surface area contributed by atoms with Crippen LogP contribution in [0.4, 0.5) is 13.2 Å². The molecule has 0 spiro atoms. The number of halogens is 3. The molecule has 0 radical (unpaired) electrons. The number of hydrogen-bond donors (Lipinski definition) is 1. The molecule has 1 aromatic carbocycles. The Hall–Kier alpha value is -1.65. The van der Waals surface area contributed by atoms with Crippen LogP contribution >= 0.6 is 0 Å². The molecule has 3 rings (SSSR count). The summed E-state index contributed by atoms with van der Waals surface area (Å²) in [6, 6.07) is 1.81. The van der Waals surface area contributed by atoms with E-state index in [2.05, 4.69) is 5.32 Å². The molecule has 0 aromatic heterocycles. The maximum absolute atomic E-state index is 13.6. The van der Waals surface area contributed by atoms with E-state index in [1.54, 1.807) is 0 Å². The molecule has 5 heteroatoms. The van der Waals surface area contributed by atoms with E-state index < -0.39 is 17.5 Å². The molecular weight excluding hydrogens is 229 g/mol. The lowest BCUT2D eigenvalue weighted by Crippen LogP contribution is -2.22. The van der Waals surface area contributed by atoms with Gasteiger partial charge in [-0.2, -0.15) is 0 Å². The Morgan fingerprint density at radius 3 is 2.71 bits per heavy atom. The van der Waals surface area contributed by atoms with Gasteiger partial charge < -0.3 is 10.2 Å². The lowest BCUT2D eigenvalue weighted by Gasteiger charge is -2.15. The van der Waals surface area contributed by atoms with E-state index in [0.29, 0.717) is 19.6 Å². The Bertz CT molecular complexity index is 499. The molecule has 1 atom stereocenters. The first-order valence-electron chi connectivity index (χ1n) is 5.47. The minimum Gasteiger partial charge on any atom is -0.372 e.